The van der Waals surface area contributed by atoms with Crippen LogP contribution < -0.4 is 15.8 Å². The van der Waals surface area contributed by atoms with E-state index in [1.807, 2.05) is 6.92 Å². The molecule has 0 saturated carbocycles. The molecule has 0 spiro atoms. The molecule has 122 valence electrons. The standard InChI is InChI=1S/C16H20N4O3/c1-4-5-12-13(14(15(17)21)20(2)19-12)18-16(22)10-6-8-11(23-3)9-7-10/h6-9H,4-5H2,1-3H3,(H2,17,21)(H,18,22). The lowest BCUT2D eigenvalue weighted by Gasteiger charge is -2.08. The van der Waals surface area contributed by atoms with Gasteiger partial charge in [-0.25, -0.2) is 0 Å². The van der Waals surface area contributed by atoms with Crippen molar-refractivity contribution in [3.8, 4) is 5.75 Å². The van der Waals surface area contributed by atoms with Crippen molar-refractivity contribution < 1.29 is 14.3 Å². The number of aromatic nitrogens is 2. The molecular weight excluding hydrogens is 296 g/mol. The molecule has 7 nitrogen and oxygen atoms in total. The number of anilines is 1. The zero-order valence-corrected chi connectivity index (χ0v) is 13.4. The van der Waals surface area contributed by atoms with Crippen LogP contribution in [0.2, 0.25) is 0 Å². The number of rotatable bonds is 6. The van der Waals surface area contributed by atoms with Gasteiger partial charge in [0.25, 0.3) is 11.8 Å². The zero-order valence-electron chi connectivity index (χ0n) is 13.4. The minimum Gasteiger partial charge on any atom is -0.497 e. The Balaban J connectivity index is 2.33. The van der Waals surface area contributed by atoms with E-state index < -0.39 is 5.91 Å². The van der Waals surface area contributed by atoms with Gasteiger partial charge in [-0.15, -0.1) is 0 Å². The maximum atomic E-state index is 12.4. The number of ether oxygens (including phenoxy) is 1. The summed E-state index contributed by atoms with van der Waals surface area (Å²) in [6.07, 6.45) is 1.47. The number of aryl methyl sites for hydroxylation is 2. The predicted molar refractivity (Wildman–Crippen MR) is 86.7 cm³/mol. The van der Waals surface area contributed by atoms with E-state index in [0.29, 0.717) is 29.1 Å². The van der Waals surface area contributed by atoms with Crippen molar-refractivity contribution in [1.29, 1.82) is 0 Å². The van der Waals surface area contributed by atoms with E-state index in [4.69, 9.17) is 10.5 Å². The summed E-state index contributed by atoms with van der Waals surface area (Å²) in [6.45, 7) is 1.99. The van der Waals surface area contributed by atoms with Crippen LogP contribution in [0.4, 0.5) is 5.69 Å². The fourth-order valence-electron chi connectivity index (χ4n) is 2.33. The Hall–Kier alpha value is -2.83. The average molecular weight is 316 g/mol. The maximum Gasteiger partial charge on any atom is 0.269 e. The molecular formula is C16H20N4O3. The summed E-state index contributed by atoms with van der Waals surface area (Å²) in [6, 6.07) is 6.68. The molecule has 2 amide bonds. The molecule has 0 unspecified atom stereocenters. The Kier molecular flexibility index (Phi) is 5.00. The van der Waals surface area contributed by atoms with Gasteiger partial charge in [-0.2, -0.15) is 5.10 Å². The molecule has 0 aliphatic rings. The average Bonchev–Trinajstić information content (AvgIpc) is 2.83. The molecule has 0 saturated heterocycles. The van der Waals surface area contributed by atoms with Crippen LogP contribution in [-0.2, 0) is 13.5 Å². The van der Waals surface area contributed by atoms with Gasteiger partial charge in [-0.1, -0.05) is 13.3 Å². The first-order valence-corrected chi connectivity index (χ1v) is 7.29. The summed E-state index contributed by atoms with van der Waals surface area (Å²) in [5.74, 6) is -0.305. The molecule has 1 aromatic carbocycles. The molecule has 23 heavy (non-hydrogen) atoms. The highest BCUT2D eigenvalue weighted by molar-refractivity contribution is 6.08. The Morgan fingerprint density at radius 2 is 1.96 bits per heavy atom. The number of carbonyl (C=O) groups is 2. The fourth-order valence-corrected chi connectivity index (χ4v) is 2.33. The predicted octanol–water partition coefficient (Wildman–Crippen LogP) is 1.73. The van der Waals surface area contributed by atoms with Gasteiger partial charge in [-0.05, 0) is 30.7 Å². The molecule has 0 aliphatic heterocycles. The van der Waals surface area contributed by atoms with Crippen LogP contribution in [0.25, 0.3) is 0 Å². The Morgan fingerprint density at radius 3 is 2.48 bits per heavy atom. The third kappa shape index (κ3) is 3.50. The van der Waals surface area contributed by atoms with Gasteiger partial charge in [0.05, 0.1) is 18.5 Å². The lowest BCUT2D eigenvalue weighted by Crippen LogP contribution is -2.20. The van der Waals surface area contributed by atoms with Gasteiger partial charge in [0.15, 0.2) is 0 Å². The number of primary amides is 1. The van der Waals surface area contributed by atoms with Gasteiger partial charge in [0.1, 0.15) is 11.4 Å². The number of benzene rings is 1. The number of hydrogen-bond acceptors (Lipinski definition) is 4. The zero-order chi connectivity index (χ0) is 17.0. The van der Waals surface area contributed by atoms with E-state index in [0.717, 1.165) is 6.42 Å². The molecule has 3 N–H and O–H groups in total. The SMILES string of the molecule is CCCc1nn(C)c(C(N)=O)c1NC(=O)c1ccc(OC)cc1. The summed E-state index contributed by atoms with van der Waals surface area (Å²) >= 11 is 0. The van der Waals surface area contributed by atoms with E-state index in [-0.39, 0.29) is 11.6 Å². The van der Waals surface area contributed by atoms with E-state index in [2.05, 4.69) is 10.4 Å². The van der Waals surface area contributed by atoms with Crippen LogP contribution in [0.15, 0.2) is 24.3 Å². The quantitative estimate of drug-likeness (QED) is 0.847. The second-order valence-electron chi connectivity index (χ2n) is 5.09. The maximum absolute atomic E-state index is 12.4. The monoisotopic (exact) mass is 316 g/mol. The van der Waals surface area contributed by atoms with Crippen LogP contribution in [0.1, 0.15) is 39.9 Å². The van der Waals surface area contributed by atoms with Gasteiger partial charge in [0, 0.05) is 12.6 Å². The second-order valence-corrected chi connectivity index (χ2v) is 5.09. The molecule has 0 aliphatic carbocycles. The van der Waals surface area contributed by atoms with E-state index in [9.17, 15) is 9.59 Å². The van der Waals surface area contributed by atoms with Crippen molar-refractivity contribution in [2.45, 2.75) is 19.8 Å². The second kappa shape index (κ2) is 6.95. The van der Waals surface area contributed by atoms with Crippen molar-refractivity contribution in [2.24, 2.45) is 12.8 Å². The summed E-state index contributed by atoms with van der Waals surface area (Å²) < 4.78 is 6.47. The van der Waals surface area contributed by atoms with E-state index in [1.54, 1.807) is 38.4 Å². The third-order valence-electron chi connectivity index (χ3n) is 3.43. The van der Waals surface area contributed by atoms with Gasteiger partial charge in [-0.3, -0.25) is 14.3 Å². The number of carbonyl (C=O) groups excluding carboxylic acids is 2. The number of amides is 2. The topological polar surface area (TPSA) is 99.2 Å². The number of nitrogens with one attached hydrogen (secondary N) is 1. The molecule has 0 fully saturated rings. The summed E-state index contributed by atoms with van der Waals surface area (Å²) in [5, 5.41) is 7.03. The molecule has 2 rings (SSSR count). The minimum atomic E-state index is -0.632. The molecule has 0 radical (unpaired) electrons. The molecule has 1 heterocycles. The number of methoxy groups -OCH3 is 1. The first kappa shape index (κ1) is 16.5. The van der Waals surface area contributed by atoms with Crippen molar-refractivity contribution in [1.82, 2.24) is 9.78 Å². The number of nitrogens with zero attached hydrogens (tertiary/aromatic N) is 2. The summed E-state index contributed by atoms with van der Waals surface area (Å²) in [5.41, 5.74) is 7.07. The van der Waals surface area contributed by atoms with E-state index in [1.165, 1.54) is 4.68 Å². The first-order valence-electron chi connectivity index (χ1n) is 7.29. The van der Waals surface area contributed by atoms with Gasteiger partial charge >= 0.3 is 0 Å². The normalized spacial score (nSPS) is 10.4. The highest BCUT2D eigenvalue weighted by Gasteiger charge is 2.22. The summed E-state index contributed by atoms with van der Waals surface area (Å²) in [4.78, 5) is 24.1. The molecule has 7 heteroatoms. The molecule has 0 atom stereocenters. The molecule has 2 aromatic rings. The summed E-state index contributed by atoms with van der Waals surface area (Å²) in [7, 11) is 3.18. The van der Waals surface area contributed by atoms with Crippen molar-refractivity contribution in [3.63, 3.8) is 0 Å². The van der Waals surface area contributed by atoms with Crippen molar-refractivity contribution in [3.05, 3.63) is 41.2 Å². The third-order valence-corrected chi connectivity index (χ3v) is 3.43. The Bertz CT molecular complexity index is 720. The van der Waals surface area contributed by atoms with Crippen LogP contribution in [-0.4, -0.2) is 28.7 Å². The molecule has 0 bridgehead atoms. The van der Waals surface area contributed by atoms with Crippen molar-refractivity contribution in [2.75, 3.05) is 12.4 Å². The lowest BCUT2D eigenvalue weighted by atomic mass is 10.1. The Morgan fingerprint density at radius 1 is 1.30 bits per heavy atom. The van der Waals surface area contributed by atoms with Gasteiger partial charge < -0.3 is 15.8 Å². The largest absolute Gasteiger partial charge is 0.497 e. The first-order chi connectivity index (χ1) is 11.0. The lowest BCUT2D eigenvalue weighted by molar-refractivity contribution is 0.0992. The highest BCUT2D eigenvalue weighted by atomic mass is 16.5. The smallest absolute Gasteiger partial charge is 0.269 e. The van der Waals surface area contributed by atoms with Gasteiger partial charge in [0.2, 0.25) is 0 Å². The van der Waals surface area contributed by atoms with Crippen LogP contribution in [0, 0.1) is 0 Å². The highest BCUT2D eigenvalue weighted by Crippen LogP contribution is 2.23. The Labute approximate surface area is 134 Å². The van der Waals surface area contributed by atoms with Crippen LogP contribution >= 0.6 is 0 Å². The minimum absolute atomic E-state index is 0.190. The van der Waals surface area contributed by atoms with Crippen LogP contribution in [0.5, 0.6) is 5.75 Å². The number of hydrogen-bond donors (Lipinski definition) is 2. The van der Waals surface area contributed by atoms with Crippen LogP contribution in [0.3, 0.4) is 0 Å². The number of nitrogens with two attached hydrogens (primary N) is 1. The molecule has 1 aromatic heterocycles. The van der Waals surface area contributed by atoms with E-state index >= 15 is 0 Å². The van der Waals surface area contributed by atoms with Crippen molar-refractivity contribution >= 4 is 17.5 Å². The fraction of sp³-hybridized carbons (Fsp3) is 0.312.